The van der Waals surface area contributed by atoms with E-state index in [-0.39, 0.29) is 25.4 Å². The number of nitrogens with zero attached hydrogens (tertiary/aromatic N) is 2. The van der Waals surface area contributed by atoms with Crippen molar-refractivity contribution in [1.82, 2.24) is 9.80 Å². The molecule has 0 aromatic carbocycles. The molecule has 2 aliphatic rings. The van der Waals surface area contributed by atoms with Crippen LogP contribution < -0.4 is 0 Å². The molecule has 7 heteroatoms. The van der Waals surface area contributed by atoms with Crippen molar-refractivity contribution in [3.8, 4) is 0 Å². The number of carbonyl (C=O) groups excluding carboxylic acids is 2. The third-order valence-electron chi connectivity index (χ3n) is 4.47. The first-order chi connectivity index (χ1) is 11.2. The van der Waals surface area contributed by atoms with Crippen molar-refractivity contribution in [3.05, 3.63) is 0 Å². The summed E-state index contributed by atoms with van der Waals surface area (Å²) in [6.45, 7) is 7.06. The second-order valence-electron chi connectivity index (χ2n) is 7.74. The molecule has 136 valence electrons. The van der Waals surface area contributed by atoms with E-state index < -0.39 is 29.5 Å². The van der Waals surface area contributed by atoms with Crippen LogP contribution in [0.4, 0.5) is 4.79 Å². The average Bonchev–Trinajstić information content (AvgIpc) is 2.53. The molecule has 2 rings (SSSR count). The highest BCUT2D eigenvalue weighted by molar-refractivity contribution is 5.82. The Kier molecular flexibility index (Phi) is 5.72. The molecular weight excluding hydrogens is 312 g/mol. The van der Waals surface area contributed by atoms with E-state index in [0.717, 1.165) is 32.4 Å². The van der Waals surface area contributed by atoms with Crippen molar-refractivity contribution >= 4 is 18.0 Å². The van der Waals surface area contributed by atoms with Crippen molar-refractivity contribution in [2.45, 2.75) is 52.1 Å². The van der Waals surface area contributed by atoms with Gasteiger partial charge in [0.05, 0.1) is 11.8 Å². The molecule has 2 fully saturated rings. The van der Waals surface area contributed by atoms with Gasteiger partial charge < -0.3 is 19.6 Å². The van der Waals surface area contributed by atoms with E-state index in [1.165, 1.54) is 4.90 Å². The minimum atomic E-state index is -0.972. The summed E-state index contributed by atoms with van der Waals surface area (Å²) in [5, 5.41) is 9.38. The van der Waals surface area contributed by atoms with Crippen LogP contribution in [-0.4, -0.2) is 64.7 Å². The Bertz CT molecular complexity index is 494. The minimum Gasteiger partial charge on any atom is -0.481 e. The minimum absolute atomic E-state index is 0.0331. The third kappa shape index (κ3) is 4.85. The first-order valence-electron chi connectivity index (χ1n) is 8.67. The lowest BCUT2D eigenvalue weighted by Crippen LogP contribution is -2.52. The van der Waals surface area contributed by atoms with Gasteiger partial charge in [0.25, 0.3) is 0 Å². The largest absolute Gasteiger partial charge is 0.481 e. The number of amides is 2. The molecule has 0 aliphatic carbocycles. The maximum Gasteiger partial charge on any atom is 0.410 e. The van der Waals surface area contributed by atoms with Crippen molar-refractivity contribution in [2.24, 2.45) is 11.8 Å². The number of carboxylic acid groups (broad SMARTS) is 1. The number of likely N-dealkylation sites (tertiary alicyclic amines) is 2. The molecule has 0 spiro atoms. The zero-order chi connectivity index (χ0) is 17.9. The zero-order valence-corrected chi connectivity index (χ0v) is 14.8. The number of carboxylic acids is 1. The van der Waals surface area contributed by atoms with Gasteiger partial charge in [-0.1, -0.05) is 0 Å². The Morgan fingerprint density at radius 1 is 0.958 bits per heavy atom. The Morgan fingerprint density at radius 2 is 1.54 bits per heavy atom. The van der Waals surface area contributed by atoms with Crippen LogP contribution >= 0.6 is 0 Å². The van der Waals surface area contributed by atoms with E-state index >= 15 is 0 Å². The van der Waals surface area contributed by atoms with Gasteiger partial charge in [0.1, 0.15) is 5.60 Å². The van der Waals surface area contributed by atoms with Crippen molar-refractivity contribution in [2.75, 3.05) is 26.2 Å². The van der Waals surface area contributed by atoms with Crippen molar-refractivity contribution in [3.63, 3.8) is 0 Å². The van der Waals surface area contributed by atoms with E-state index in [4.69, 9.17) is 4.74 Å². The fourth-order valence-electron chi connectivity index (χ4n) is 3.30. The van der Waals surface area contributed by atoms with E-state index in [2.05, 4.69) is 0 Å². The molecule has 2 saturated heterocycles. The van der Waals surface area contributed by atoms with Gasteiger partial charge in [-0.2, -0.15) is 0 Å². The first-order valence-corrected chi connectivity index (χ1v) is 8.67. The molecule has 0 bridgehead atoms. The number of hydrogen-bond acceptors (Lipinski definition) is 4. The van der Waals surface area contributed by atoms with Crippen LogP contribution in [0, 0.1) is 11.8 Å². The summed E-state index contributed by atoms with van der Waals surface area (Å²) in [5.74, 6) is -2.20. The average molecular weight is 340 g/mol. The standard InChI is InChI=1S/C17H28N2O5/c1-17(2,3)24-16(23)19-10-12(9-13(11-19)15(21)22)14(20)18-7-5-4-6-8-18/h12-13H,4-11H2,1-3H3,(H,21,22)/t12-,13+/m1/s1. The molecule has 1 N–H and O–H groups in total. The molecular formula is C17H28N2O5. The normalized spacial score (nSPS) is 25.3. The second-order valence-corrected chi connectivity index (χ2v) is 7.74. The van der Waals surface area contributed by atoms with Gasteiger partial charge in [0.15, 0.2) is 0 Å². The van der Waals surface area contributed by atoms with E-state index in [1.807, 2.05) is 4.90 Å². The Balaban J connectivity index is 2.08. The monoisotopic (exact) mass is 340 g/mol. The van der Waals surface area contributed by atoms with Gasteiger partial charge in [-0.3, -0.25) is 9.59 Å². The van der Waals surface area contributed by atoms with Gasteiger partial charge in [-0.25, -0.2) is 4.79 Å². The van der Waals surface area contributed by atoms with Gasteiger partial charge >= 0.3 is 12.1 Å². The maximum atomic E-state index is 12.7. The predicted molar refractivity (Wildman–Crippen MR) is 87.5 cm³/mol. The molecule has 2 heterocycles. The van der Waals surface area contributed by atoms with E-state index in [0.29, 0.717) is 0 Å². The summed E-state index contributed by atoms with van der Waals surface area (Å²) in [6, 6.07) is 0. The van der Waals surface area contributed by atoms with Crippen LogP contribution in [0.2, 0.25) is 0 Å². The summed E-state index contributed by atoms with van der Waals surface area (Å²) in [6.07, 6.45) is 2.82. The molecule has 0 aromatic heterocycles. The fraction of sp³-hybridized carbons (Fsp3) is 0.824. The molecule has 0 unspecified atom stereocenters. The highest BCUT2D eigenvalue weighted by Gasteiger charge is 2.39. The number of hydrogen-bond donors (Lipinski definition) is 1. The van der Waals surface area contributed by atoms with Crippen LogP contribution in [0.3, 0.4) is 0 Å². The highest BCUT2D eigenvalue weighted by Crippen LogP contribution is 2.26. The lowest BCUT2D eigenvalue weighted by molar-refractivity contribution is -0.147. The van der Waals surface area contributed by atoms with Crippen molar-refractivity contribution in [1.29, 1.82) is 0 Å². The molecule has 7 nitrogen and oxygen atoms in total. The van der Waals surface area contributed by atoms with Gasteiger partial charge in [-0.15, -0.1) is 0 Å². The van der Waals surface area contributed by atoms with E-state index in [1.54, 1.807) is 20.8 Å². The summed E-state index contributed by atoms with van der Waals surface area (Å²) in [5.41, 5.74) is -0.653. The molecule has 2 amide bonds. The van der Waals surface area contributed by atoms with Crippen LogP contribution in [0.15, 0.2) is 0 Å². The number of ether oxygens (including phenoxy) is 1. The molecule has 2 aliphatic heterocycles. The number of piperidine rings is 2. The Morgan fingerprint density at radius 3 is 2.08 bits per heavy atom. The van der Waals surface area contributed by atoms with Gasteiger partial charge in [0, 0.05) is 26.2 Å². The van der Waals surface area contributed by atoms with Gasteiger partial charge in [-0.05, 0) is 46.5 Å². The predicted octanol–water partition coefficient (Wildman–Crippen LogP) is 1.96. The lowest BCUT2D eigenvalue weighted by atomic mass is 9.88. The zero-order valence-electron chi connectivity index (χ0n) is 14.8. The summed E-state index contributed by atoms with van der Waals surface area (Å²) < 4.78 is 5.35. The van der Waals surface area contributed by atoms with Crippen LogP contribution in [-0.2, 0) is 14.3 Å². The number of rotatable bonds is 2. The van der Waals surface area contributed by atoms with E-state index in [9.17, 15) is 19.5 Å². The Hall–Kier alpha value is -1.79. The van der Waals surface area contributed by atoms with Crippen LogP contribution in [0.5, 0.6) is 0 Å². The molecule has 2 atom stereocenters. The fourth-order valence-corrected chi connectivity index (χ4v) is 3.30. The molecule has 0 radical (unpaired) electrons. The smallest absolute Gasteiger partial charge is 0.410 e. The van der Waals surface area contributed by atoms with Crippen LogP contribution in [0.25, 0.3) is 0 Å². The topological polar surface area (TPSA) is 87.1 Å². The molecule has 0 saturated carbocycles. The second kappa shape index (κ2) is 7.40. The Labute approximate surface area is 142 Å². The third-order valence-corrected chi connectivity index (χ3v) is 4.47. The first kappa shape index (κ1) is 18.5. The number of aliphatic carboxylic acids is 1. The number of carbonyl (C=O) groups is 3. The summed E-state index contributed by atoms with van der Waals surface area (Å²) in [4.78, 5) is 39.7. The maximum absolute atomic E-state index is 12.7. The van der Waals surface area contributed by atoms with Crippen molar-refractivity contribution < 1.29 is 24.2 Å². The quantitative estimate of drug-likeness (QED) is 0.830. The molecule has 0 aromatic rings. The van der Waals surface area contributed by atoms with Gasteiger partial charge in [0.2, 0.25) is 5.91 Å². The molecule has 24 heavy (non-hydrogen) atoms. The summed E-state index contributed by atoms with van der Waals surface area (Å²) >= 11 is 0. The van der Waals surface area contributed by atoms with Crippen LogP contribution in [0.1, 0.15) is 46.5 Å². The highest BCUT2D eigenvalue weighted by atomic mass is 16.6. The summed E-state index contributed by atoms with van der Waals surface area (Å²) in [7, 11) is 0. The lowest BCUT2D eigenvalue weighted by Gasteiger charge is -2.38. The SMILES string of the molecule is CC(C)(C)OC(=O)N1C[C@@H](C(=O)O)C[C@@H](C(=O)N2CCCCC2)C1.